The van der Waals surface area contributed by atoms with Gasteiger partial charge in [0.25, 0.3) is 5.91 Å². The summed E-state index contributed by atoms with van der Waals surface area (Å²) in [4.78, 5) is 13.9. The number of carbonyl (C=O) groups is 1. The van der Waals surface area contributed by atoms with E-state index in [9.17, 15) is 13.6 Å². The van der Waals surface area contributed by atoms with Gasteiger partial charge in [0.05, 0.1) is 23.8 Å². The van der Waals surface area contributed by atoms with E-state index in [-0.39, 0.29) is 28.7 Å². The number of nitrogens with zero attached hydrogens (tertiary/aromatic N) is 2. The normalized spacial score (nSPS) is 15.8. The highest BCUT2D eigenvalue weighted by molar-refractivity contribution is 7.99. The van der Waals surface area contributed by atoms with Crippen molar-refractivity contribution in [2.24, 2.45) is 0 Å². The first-order valence-corrected chi connectivity index (χ1v) is 10.5. The van der Waals surface area contributed by atoms with E-state index in [2.05, 4.69) is 10.4 Å². The van der Waals surface area contributed by atoms with Gasteiger partial charge in [-0.25, -0.2) is 13.5 Å². The molecule has 0 saturated carbocycles. The summed E-state index contributed by atoms with van der Waals surface area (Å²) in [5.74, 6) is -0.157. The van der Waals surface area contributed by atoms with Gasteiger partial charge in [-0.3, -0.25) is 4.79 Å². The van der Waals surface area contributed by atoms with Gasteiger partial charge in [0.1, 0.15) is 16.8 Å². The molecule has 3 aromatic rings. The number of amides is 1. The third kappa shape index (κ3) is 4.16. The predicted molar refractivity (Wildman–Crippen MR) is 109 cm³/mol. The Morgan fingerprint density at radius 2 is 1.97 bits per heavy atom. The molecule has 0 aliphatic carbocycles. The van der Waals surface area contributed by atoms with Crippen molar-refractivity contribution in [1.82, 2.24) is 15.1 Å². The van der Waals surface area contributed by atoms with Gasteiger partial charge in [-0.1, -0.05) is 23.7 Å². The zero-order valence-electron chi connectivity index (χ0n) is 15.6. The first kappa shape index (κ1) is 19.9. The Hall–Kier alpha value is -2.38. The number of thioether (sulfide) groups is 1. The molecule has 1 aliphatic heterocycles. The van der Waals surface area contributed by atoms with Crippen LogP contribution in [0.15, 0.2) is 47.4 Å². The van der Waals surface area contributed by atoms with Crippen LogP contribution in [0.1, 0.15) is 39.6 Å². The second-order valence-corrected chi connectivity index (χ2v) is 8.38. The Balaban J connectivity index is 1.56. The van der Waals surface area contributed by atoms with Gasteiger partial charge < -0.3 is 5.32 Å². The molecule has 2 aromatic carbocycles. The second-order valence-electron chi connectivity index (χ2n) is 6.88. The van der Waals surface area contributed by atoms with Crippen molar-refractivity contribution in [2.45, 2.75) is 30.8 Å². The van der Waals surface area contributed by atoms with Crippen LogP contribution < -0.4 is 5.32 Å². The molecule has 1 unspecified atom stereocenters. The van der Waals surface area contributed by atoms with E-state index in [0.29, 0.717) is 24.2 Å². The van der Waals surface area contributed by atoms with Gasteiger partial charge in [-0.2, -0.15) is 5.10 Å². The maximum atomic E-state index is 13.7. The highest BCUT2D eigenvalue weighted by Gasteiger charge is 2.27. The van der Waals surface area contributed by atoms with E-state index in [1.807, 2.05) is 0 Å². The zero-order valence-corrected chi connectivity index (χ0v) is 17.2. The monoisotopic (exact) mass is 433 g/mol. The average Bonchev–Trinajstić information content (AvgIpc) is 2.97. The molecule has 0 spiro atoms. The molecular weight excluding hydrogens is 416 g/mol. The fraction of sp³-hybridized carbons (Fsp3) is 0.238. The van der Waals surface area contributed by atoms with E-state index in [1.165, 1.54) is 28.9 Å². The van der Waals surface area contributed by atoms with Gasteiger partial charge >= 0.3 is 0 Å². The molecule has 1 aromatic heterocycles. The van der Waals surface area contributed by atoms with Crippen LogP contribution >= 0.6 is 23.4 Å². The number of benzene rings is 2. The van der Waals surface area contributed by atoms with Crippen molar-refractivity contribution < 1.29 is 13.6 Å². The lowest BCUT2D eigenvalue weighted by Gasteiger charge is -2.26. The Labute approximate surface area is 176 Å². The first-order valence-electron chi connectivity index (χ1n) is 9.13. The molecule has 1 amide bonds. The van der Waals surface area contributed by atoms with Crippen molar-refractivity contribution in [3.05, 3.63) is 81.6 Å². The van der Waals surface area contributed by atoms with Crippen LogP contribution in [0.5, 0.6) is 0 Å². The van der Waals surface area contributed by atoms with Crippen molar-refractivity contribution in [3.8, 4) is 0 Å². The summed E-state index contributed by atoms with van der Waals surface area (Å²) < 4.78 is 28.3. The third-order valence-corrected chi connectivity index (χ3v) is 6.36. The lowest BCUT2D eigenvalue weighted by molar-refractivity contribution is 0.0934. The van der Waals surface area contributed by atoms with Gasteiger partial charge in [-0.15, -0.1) is 11.8 Å². The number of fused-ring (bicyclic) bond motifs is 1. The van der Waals surface area contributed by atoms with Gasteiger partial charge in [-0.05, 0) is 54.8 Å². The van der Waals surface area contributed by atoms with Crippen LogP contribution in [0, 0.1) is 18.6 Å². The van der Waals surface area contributed by atoms with E-state index in [4.69, 9.17) is 11.6 Å². The molecule has 8 heteroatoms. The molecule has 0 fully saturated rings. The number of hydrogen-bond donors (Lipinski definition) is 1. The number of carbonyl (C=O) groups excluding carboxylic acids is 1. The fourth-order valence-electron chi connectivity index (χ4n) is 3.42. The topological polar surface area (TPSA) is 46.9 Å². The number of aryl methyl sites for hydroxylation is 1. The minimum atomic E-state index is -0.343. The van der Waals surface area contributed by atoms with Crippen molar-refractivity contribution in [2.75, 3.05) is 5.75 Å². The molecule has 29 heavy (non-hydrogen) atoms. The Kier molecular flexibility index (Phi) is 5.61. The van der Waals surface area contributed by atoms with Crippen LogP contribution in [-0.2, 0) is 6.54 Å². The number of nitrogens with one attached hydrogen (secondary N) is 1. The van der Waals surface area contributed by atoms with Crippen molar-refractivity contribution in [1.29, 1.82) is 0 Å². The molecule has 1 aliphatic rings. The highest BCUT2D eigenvalue weighted by atomic mass is 35.5. The summed E-state index contributed by atoms with van der Waals surface area (Å²) in [5, 5.41) is 7.56. The summed E-state index contributed by atoms with van der Waals surface area (Å²) >= 11 is 8.10. The van der Waals surface area contributed by atoms with Crippen LogP contribution in [-0.4, -0.2) is 21.4 Å². The number of rotatable bonds is 4. The van der Waals surface area contributed by atoms with E-state index in [0.717, 1.165) is 21.8 Å². The summed E-state index contributed by atoms with van der Waals surface area (Å²) in [6, 6.07) is 10.4. The van der Waals surface area contributed by atoms with Crippen molar-refractivity contribution >= 4 is 29.3 Å². The minimum Gasteiger partial charge on any atom is -0.345 e. The number of halogens is 3. The lowest BCUT2D eigenvalue weighted by atomic mass is 10.0. The quantitative estimate of drug-likeness (QED) is 0.619. The molecule has 0 bridgehead atoms. The molecule has 150 valence electrons. The third-order valence-electron chi connectivity index (χ3n) is 4.85. The first-order chi connectivity index (χ1) is 13.9. The number of aromatic nitrogens is 2. The summed E-state index contributed by atoms with van der Waals surface area (Å²) in [5.41, 5.74) is 2.39. The molecule has 0 saturated heterocycles. The van der Waals surface area contributed by atoms with E-state index < -0.39 is 0 Å². The Morgan fingerprint density at radius 3 is 2.72 bits per heavy atom. The number of hydrogen-bond acceptors (Lipinski definition) is 3. The average molecular weight is 434 g/mol. The Bertz CT molecular complexity index is 1070. The van der Waals surface area contributed by atoms with Crippen LogP contribution in [0.2, 0.25) is 5.15 Å². The molecule has 4 nitrogen and oxygen atoms in total. The van der Waals surface area contributed by atoms with E-state index in [1.54, 1.807) is 36.9 Å². The SMILES string of the molecule is Cc1nn(Cc2ccc(F)cc2)c(Cl)c1C(=O)NC1CCSc2ccc(F)cc21. The lowest BCUT2D eigenvalue weighted by Crippen LogP contribution is -2.31. The molecule has 1 N–H and O–H groups in total. The predicted octanol–water partition coefficient (Wildman–Crippen LogP) is 5.14. The summed E-state index contributed by atoms with van der Waals surface area (Å²) in [7, 11) is 0. The largest absolute Gasteiger partial charge is 0.345 e. The van der Waals surface area contributed by atoms with E-state index >= 15 is 0 Å². The molecule has 1 atom stereocenters. The van der Waals surface area contributed by atoms with Gasteiger partial charge in [0, 0.05) is 10.6 Å². The standard InChI is InChI=1S/C21H18ClF2N3OS/c1-12-19(20(22)27(26-12)11-13-2-4-14(23)5-3-13)21(28)25-17-8-9-29-18-7-6-15(24)10-16(17)18/h2-7,10,17H,8-9,11H2,1H3,(H,25,28). The molecular formula is C21H18ClF2N3OS. The van der Waals surface area contributed by atoms with Crippen LogP contribution in [0.4, 0.5) is 8.78 Å². The second kappa shape index (κ2) is 8.16. The summed E-state index contributed by atoms with van der Waals surface area (Å²) in [6.45, 7) is 2.04. The minimum absolute atomic E-state index is 0.217. The maximum Gasteiger partial charge on any atom is 0.256 e. The Morgan fingerprint density at radius 1 is 1.24 bits per heavy atom. The summed E-state index contributed by atoms with van der Waals surface area (Å²) in [6.07, 6.45) is 0.702. The molecule has 4 rings (SSSR count). The fourth-order valence-corrected chi connectivity index (χ4v) is 4.85. The van der Waals surface area contributed by atoms with Crippen LogP contribution in [0.25, 0.3) is 0 Å². The van der Waals surface area contributed by atoms with Crippen molar-refractivity contribution in [3.63, 3.8) is 0 Å². The maximum absolute atomic E-state index is 13.7. The molecule has 2 heterocycles. The smallest absolute Gasteiger partial charge is 0.256 e. The zero-order chi connectivity index (χ0) is 20.5. The molecule has 0 radical (unpaired) electrons. The van der Waals surface area contributed by atoms with Gasteiger partial charge in [0.2, 0.25) is 0 Å². The highest BCUT2D eigenvalue weighted by Crippen LogP contribution is 2.37. The van der Waals surface area contributed by atoms with Gasteiger partial charge in [0.15, 0.2) is 0 Å². The van der Waals surface area contributed by atoms with Crippen LogP contribution in [0.3, 0.4) is 0 Å².